The molecular formula is C34H44FNO11S. The van der Waals surface area contributed by atoms with E-state index in [1.165, 1.54) is 33.3 Å². The number of nitrogens with one attached hydrogen (secondary N) is 1. The first-order valence-corrected chi connectivity index (χ1v) is 16.2. The molecule has 3 aromatic rings. The Kier molecular flexibility index (Phi) is 18.7. The van der Waals surface area contributed by atoms with Gasteiger partial charge in [0.05, 0.1) is 38.2 Å². The second-order valence-corrected chi connectivity index (χ2v) is 11.7. The fraction of sp³-hybridized carbons (Fsp3) is 0.382. The van der Waals surface area contributed by atoms with Crippen molar-refractivity contribution < 1.29 is 55.7 Å². The Morgan fingerprint density at radius 3 is 1.75 bits per heavy atom. The van der Waals surface area contributed by atoms with Gasteiger partial charge >= 0.3 is 0 Å². The van der Waals surface area contributed by atoms with E-state index < -0.39 is 38.7 Å². The molecule has 0 saturated carbocycles. The molecule has 1 amide bonds. The number of carbonyl (C=O) groups excluding carboxylic acids is 3. The molecule has 12 nitrogen and oxygen atoms in total. The van der Waals surface area contributed by atoms with E-state index in [-0.39, 0.29) is 41.1 Å². The fourth-order valence-corrected chi connectivity index (χ4v) is 5.11. The molecule has 0 heterocycles. The first kappa shape index (κ1) is 41.7. The van der Waals surface area contributed by atoms with Crippen LogP contribution in [0.2, 0.25) is 0 Å². The van der Waals surface area contributed by atoms with Crippen LogP contribution < -0.4 is 19.5 Å². The van der Waals surface area contributed by atoms with Crippen molar-refractivity contribution in [3.63, 3.8) is 0 Å². The average Bonchev–Trinajstić information content (AvgIpc) is 3.04. The van der Waals surface area contributed by atoms with Gasteiger partial charge in [0.2, 0.25) is 5.91 Å². The molecule has 3 rings (SSSR count). The van der Waals surface area contributed by atoms with Gasteiger partial charge in [0.15, 0.2) is 0 Å². The van der Waals surface area contributed by atoms with Gasteiger partial charge in [-0.3, -0.25) is 23.6 Å². The lowest BCUT2D eigenvalue weighted by atomic mass is 9.94. The number of benzene rings is 3. The first-order valence-electron chi connectivity index (χ1n) is 14.8. The van der Waals surface area contributed by atoms with Crippen LogP contribution in [0, 0.1) is 5.92 Å². The highest BCUT2D eigenvalue weighted by molar-refractivity contribution is 7.86. The number of amides is 1. The van der Waals surface area contributed by atoms with Gasteiger partial charge in [0.1, 0.15) is 39.6 Å². The molecule has 0 saturated heterocycles. The van der Waals surface area contributed by atoms with E-state index in [4.69, 9.17) is 23.7 Å². The summed E-state index contributed by atoms with van der Waals surface area (Å²) in [6.45, 7) is 3.57. The largest absolute Gasteiger partial charge is 0.497 e. The summed E-state index contributed by atoms with van der Waals surface area (Å²) in [6.07, 6.45) is 0.561. The number of rotatable bonds is 18. The molecule has 0 aliphatic rings. The van der Waals surface area contributed by atoms with Crippen LogP contribution in [0.25, 0.3) is 0 Å². The second kappa shape index (κ2) is 21.5. The van der Waals surface area contributed by atoms with Gasteiger partial charge < -0.3 is 29.0 Å². The van der Waals surface area contributed by atoms with Crippen molar-refractivity contribution in [2.24, 2.45) is 5.92 Å². The molecule has 2 N–H and O–H groups in total. The lowest BCUT2D eigenvalue weighted by molar-refractivity contribution is -0.136. The average molecular weight is 694 g/mol. The predicted molar refractivity (Wildman–Crippen MR) is 178 cm³/mol. The molecule has 0 bridgehead atoms. The quantitative estimate of drug-likeness (QED) is 0.133. The van der Waals surface area contributed by atoms with Gasteiger partial charge in [-0.2, -0.15) is 8.42 Å². The number of Topliss-reactive ketones (excluding diaryl/α,β-unsaturated/α-hetero) is 2. The normalized spacial score (nSPS) is 12.5. The zero-order chi connectivity index (χ0) is 34.8. The SMILES string of the molecule is COC(CCOc1ccccc1)CC(C)=O.COc1ccc(NC(=O)C(C(C)=O)C(CCOc2ccccc2)OC)c(S(=O)(=O)O)c1.F. The van der Waals surface area contributed by atoms with Crippen molar-refractivity contribution in [1.29, 1.82) is 0 Å². The Labute approximate surface area is 280 Å². The Morgan fingerprint density at radius 2 is 1.31 bits per heavy atom. The molecule has 48 heavy (non-hydrogen) atoms. The minimum absolute atomic E-state index is 0. The number of ether oxygens (including phenoxy) is 5. The summed E-state index contributed by atoms with van der Waals surface area (Å²) in [4.78, 5) is 35.5. The lowest BCUT2D eigenvalue weighted by Crippen LogP contribution is -2.39. The Bertz CT molecular complexity index is 1520. The van der Waals surface area contributed by atoms with Gasteiger partial charge in [-0.25, -0.2) is 0 Å². The van der Waals surface area contributed by atoms with E-state index in [1.807, 2.05) is 48.5 Å². The maximum Gasteiger partial charge on any atom is 0.296 e. The monoisotopic (exact) mass is 693 g/mol. The highest BCUT2D eigenvalue weighted by Crippen LogP contribution is 2.27. The summed E-state index contributed by atoms with van der Waals surface area (Å²) in [6, 6.07) is 22.4. The van der Waals surface area contributed by atoms with Crippen molar-refractivity contribution >= 4 is 33.3 Å². The number of hydrogen-bond donors (Lipinski definition) is 2. The molecule has 3 unspecified atom stereocenters. The van der Waals surface area contributed by atoms with Crippen LogP contribution >= 0.6 is 0 Å². The third-order valence-electron chi connectivity index (χ3n) is 6.83. The Balaban J connectivity index is 0.000000572. The number of halogens is 1. The van der Waals surface area contributed by atoms with Crippen LogP contribution in [0.5, 0.6) is 17.2 Å². The van der Waals surface area contributed by atoms with E-state index in [0.29, 0.717) is 18.8 Å². The van der Waals surface area contributed by atoms with Gasteiger partial charge in [-0.1, -0.05) is 36.4 Å². The number of methoxy groups -OCH3 is 3. The summed E-state index contributed by atoms with van der Waals surface area (Å²) in [5.41, 5.74) is -0.185. The highest BCUT2D eigenvalue weighted by atomic mass is 32.2. The summed E-state index contributed by atoms with van der Waals surface area (Å²) in [7, 11) is -0.342. The van der Waals surface area contributed by atoms with Crippen LogP contribution in [0.1, 0.15) is 33.1 Å². The molecule has 0 aliphatic heterocycles. The minimum atomic E-state index is -4.66. The van der Waals surface area contributed by atoms with Crippen molar-refractivity contribution in [3.05, 3.63) is 78.9 Å². The molecule has 0 aliphatic carbocycles. The maximum absolute atomic E-state index is 12.9. The Hall–Kier alpha value is -4.37. The summed E-state index contributed by atoms with van der Waals surface area (Å²) in [5, 5.41) is 2.40. The van der Waals surface area contributed by atoms with Gasteiger partial charge in [0, 0.05) is 39.5 Å². The van der Waals surface area contributed by atoms with E-state index in [2.05, 4.69) is 5.32 Å². The van der Waals surface area contributed by atoms with Gasteiger partial charge in [0.25, 0.3) is 10.1 Å². The molecule has 0 aromatic heterocycles. The number of para-hydroxylation sites is 2. The van der Waals surface area contributed by atoms with Gasteiger partial charge in [-0.05, 0) is 50.2 Å². The molecule has 3 atom stereocenters. The molecule has 264 valence electrons. The lowest BCUT2D eigenvalue weighted by Gasteiger charge is -2.24. The molecule has 0 radical (unpaired) electrons. The predicted octanol–water partition coefficient (Wildman–Crippen LogP) is 5.17. The van der Waals surface area contributed by atoms with Crippen molar-refractivity contribution in [3.8, 4) is 17.2 Å². The molecular weight excluding hydrogens is 649 g/mol. The molecule has 0 fully saturated rings. The van der Waals surface area contributed by atoms with Crippen molar-refractivity contribution in [2.75, 3.05) is 39.9 Å². The number of carbonyl (C=O) groups is 3. The molecule has 3 aromatic carbocycles. The second-order valence-electron chi connectivity index (χ2n) is 10.4. The number of ketones is 2. The zero-order valence-corrected chi connectivity index (χ0v) is 28.4. The Morgan fingerprint density at radius 1 is 0.771 bits per heavy atom. The van der Waals surface area contributed by atoms with Crippen LogP contribution in [-0.2, 0) is 34.0 Å². The zero-order valence-electron chi connectivity index (χ0n) is 27.6. The topological polar surface area (TPSA) is 164 Å². The number of hydrogen-bond acceptors (Lipinski definition) is 10. The summed E-state index contributed by atoms with van der Waals surface area (Å²) >= 11 is 0. The van der Waals surface area contributed by atoms with E-state index in [0.717, 1.165) is 18.2 Å². The van der Waals surface area contributed by atoms with Crippen LogP contribution in [0.15, 0.2) is 83.8 Å². The van der Waals surface area contributed by atoms with Crippen LogP contribution in [0.4, 0.5) is 10.4 Å². The third kappa shape index (κ3) is 14.6. The third-order valence-corrected chi connectivity index (χ3v) is 7.73. The van der Waals surface area contributed by atoms with E-state index in [1.54, 1.807) is 26.2 Å². The summed E-state index contributed by atoms with van der Waals surface area (Å²) < 4.78 is 59.6. The highest BCUT2D eigenvalue weighted by Gasteiger charge is 2.33. The van der Waals surface area contributed by atoms with E-state index in [9.17, 15) is 27.4 Å². The molecule has 14 heteroatoms. The van der Waals surface area contributed by atoms with Crippen LogP contribution in [-0.4, -0.2) is 77.2 Å². The fourth-order valence-electron chi connectivity index (χ4n) is 4.45. The maximum atomic E-state index is 12.9. The van der Waals surface area contributed by atoms with Gasteiger partial charge in [-0.15, -0.1) is 0 Å². The minimum Gasteiger partial charge on any atom is -0.497 e. The molecule has 0 spiro atoms. The standard InChI is InChI=1S/C21H25NO8S.C13H18O3.FH/c1-14(23)20(18(29-3)11-12-30-15-7-5-4-6-8-15)21(24)22-17-10-9-16(28-2)13-19(17)31(25,26)27;1-11(14)10-13(15-2)8-9-16-12-6-4-3-5-7-12;/h4-10,13,18,20H,11-12H2,1-3H3,(H,22,24)(H,25,26,27);3-7,13H,8-10H2,1-2H3;1H. The van der Waals surface area contributed by atoms with Crippen molar-refractivity contribution in [1.82, 2.24) is 0 Å². The number of anilines is 1. The summed E-state index contributed by atoms with van der Waals surface area (Å²) in [5.74, 6) is -0.661. The van der Waals surface area contributed by atoms with E-state index >= 15 is 0 Å². The van der Waals surface area contributed by atoms with Crippen LogP contribution in [0.3, 0.4) is 0 Å². The van der Waals surface area contributed by atoms with Crippen molar-refractivity contribution in [2.45, 2.75) is 50.2 Å². The smallest absolute Gasteiger partial charge is 0.296 e. The first-order chi connectivity index (χ1) is 22.4.